The van der Waals surface area contributed by atoms with E-state index in [-0.39, 0.29) is 11.9 Å². The molecule has 0 N–H and O–H groups in total. The van der Waals surface area contributed by atoms with Crippen LogP contribution in [-0.2, 0) is 0 Å². The molecule has 0 unspecified atom stereocenters. The van der Waals surface area contributed by atoms with Gasteiger partial charge >= 0.3 is 33.1 Å². The van der Waals surface area contributed by atoms with E-state index in [1.54, 1.807) is 36.4 Å². The molecule has 31 heavy (non-hydrogen) atoms. The fourth-order valence-corrected chi connectivity index (χ4v) is 8.63. The smallest absolute Gasteiger partial charge is 0.381 e. The summed E-state index contributed by atoms with van der Waals surface area (Å²) in [6.45, 7) is 3.97. The highest BCUT2D eigenvalue weighted by molar-refractivity contribution is 7.12. The lowest BCUT2D eigenvalue weighted by Crippen LogP contribution is -3.61. The first-order valence-electron chi connectivity index (χ1n) is 9.38. The lowest BCUT2D eigenvalue weighted by molar-refractivity contribution is -0.585. The van der Waals surface area contributed by atoms with E-state index in [9.17, 15) is 9.59 Å². The minimum absolute atomic E-state index is 0.349. The third-order valence-corrected chi connectivity index (χ3v) is 10.0. The number of thiophene rings is 2. The van der Waals surface area contributed by atoms with Gasteiger partial charge in [0, 0.05) is 12.1 Å². The van der Waals surface area contributed by atoms with Crippen LogP contribution in [0.15, 0.2) is 72.8 Å². The van der Waals surface area contributed by atoms with Crippen molar-refractivity contribution in [3.8, 4) is 11.5 Å². The number of carbonyl (C=O) groups is 2. The summed E-state index contributed by atoms with van der Waals surface area (Å²) in [5, 5.41) is 0. The van der Waals surface area contributed by atoms with Crippen LogP contribution in [0.3, 0.4) is 0 Å². The SMILES string of the molecule is Cc1ccc(OC(=O)c2ccc([I+]c3ccc(C(=O)Oc4ccc(C)cc4)s3)s2)cc1. The van der Waals surface area contributed by atoms with Gasteiger partial charge in [0.1, 0.15) is 21.3 Å². The normalized spacial score (nSPS) is 10.6. The molecule has 0 aliphatic rings. The number of carbonyl (C=O) groups excluding carboxylic acids is 2. The molecule has 0 saturated carbocycles. The van der Waals surface area contributed by atoms with Crippen molar-refractivity contribution in [1.82, 2.24) is 0 Å². The quantitative estimate of drug-likeness (QED) is 0.207. The van der Waals surface area contributed by atoms with Crippen LogP contribution in [0.25, 0.3) is 0 Å². The summed E-state index contributed by atoms with van der Waals surface area (Å²) in [4.78, 5) is 25.9. The molecule has 2 aromatic carbocycles. The Kier molecular flexibility index (Phi) is 6.84. The fourth-order valence-electron chi connectivity index (χ4n) is 2.57. The van der Waals surface area contributed by atoms with Gasteiger partial charge in [0.15, 0.2) is 0 Å². The van der Waals surface area contributed by atoms with E-state index < -0.39 is 21.2 Å². The third-order valence-electron chi connectivity index (χ3n) is 4.20. The van der Waals surface area contributed by atoms with Crippen LogP contribution in [-0.4, -0.2) is 11.9 Å². The van der Waals surface area contributed by atoms with Crippen molar-refractivity contribution in [1.29, 1.82) is 0 Å². The van der Waals surface area contributed by atoms with Crippen LogP contribution in [0.1, 0.15) is 30.5 Å². The van der Waals surface area contributed by atoms with Gasteiger partial charge in [-0.25, -0.2) is 9.59 Å². The van der Waals surface area contributed by atoms with Crippen LogP contribution < -0.4 is 30.7 Å². The van der Waals surface area contributed by atoms with Gasteiger partial charge in [-0.05, 0) is 50.2 Å². The molecule has 0 radical (unpaired) electrons. The zero-order valence-electron chi connectivity index (χ0n) is 16.8. The Morgan fingerprint density at radius 2 is 1.00 bits per heavy atom. The monoisotopic (exact) mass is 561 g/mol. The van der Waals surface area contributed by atoms with Gasteiger partial charge in [-0.1, -0.05) is 58.1 Å². The Morgan fingerprint density at radius 1 is 0.613 bits per heavy atom. The minimum atomic E-state index is -0.489. The zero-order chi connectivity index (χ0) is 21.8. The lowest BCUT2D eigenvalue weighted by atomic mass is 10.2. The number of esters is 2. The minimum Gasteiger partial charge on any atom is -0.422 e. The molecule has 0 aliphatic carbocycles. The highest BCUT2D eigenvalue weighted by Gasteiger charge is 2.25. The Hall–Kier alpha value is -2.49. The number of ether oxygens (including phenoxy) is 2. The van der Waals surface area contributed by atoms with Crippen LogP contribution in [0.4, 0.5) is 0 Å². The Balaban J connectivity index is 1.37. The number of hydrogen-bond acceptors (Lipinski definition) is 6. The molecule has 4 aromatic rings. The Bertz CT molecular complexity index is 1110. The molecule has 4 rings (SSSR count). The summed E-state index contributed by atoms with van der Waals surface area (Å²) in [6, 6.07) is 22.3. The second kappa shape index (κ2) is 9.76. The van der Waals surface area contributed by atoms with E-state index in [1.807, 2.05) is 50.2 Å². The number of rotatable bonds is 6. The molecule has 0 aliphatic heterocycles. The van der Waals surface area contributed by atoms with Gasteiger partial charge < -0.3 is 9.47 Å². The molecule has 0 atom stereocenters. The van der Waals surface area contributed by atoms with Crippen molar-refractivity contribution >= 4 is 34.6 Å². The number of hydrogen-bond donors (Lipinski definition) is 0. The van der Waals surface area contributed by atoms with E-state index in [2.05, 4.69) is 0 Å². The number of aryl methyl sites for hydroxylation is 2. The molecule has 156 valence electrons. The van der Waals surface area contributed by atoms with Crippen LogP contribution in [0.2, 0.25) is 0 Å². The van der Waals surface area contributed by atoms with Gasteiger partial charge in [-0.3, -0.25) is 0 Å². The first-order valence-corrected chi connectivity index (χ1v) is 13.2. The topological polar surface area (TPSA) is 52.6 Å². The molecule has 7 heteroatoms. The van der Waals surface area contributed by atoms with Crippen molar-refractivity contribution in [3.63, 3.8) is 0 Å². The maximum absolute atomic E-state index is 12.4. The molecule has 4 nitrogen and oxygen atoms in total. The van der Waals surface area contributed by atoms with Gasteiger partial charge in [0.25, 0.3) is 0 Å². The second-order valence-electron chi connectivity index (χ2n) is 6.71. The first-order chi connectivity index (χ1) is 15.0. The molecular weight excluding hydrogens is 543 g/mol. The highest BCUT2D eigenvalue weighted by Crippen LogP contribution is 2.18. The fraction of sp³-hybridized carbons (Fsp3) is 0.0833. The molecule has 0 bridgehead atoms. The van der Waals surface area contributed by atoms with E-state index in [4.69, 9.17) is 9.47 Å². The van der Waals surface area contributed by atoms with Crippen molar-refractivity contribution in [2.45, 2.75) is 13.8 Å². The second-order valence-corrected chi connectivity index (χ2v) is 13.2. The molecule has 2 heterocycles. The number of benzene rings is 2. The van der Waals surface area contributed by atoms with Crippen LogP contribution >= 0.6 is 22.7 Å². The average Bonchev–Trinajstić information content (AvgIpc) is 3.42. The molecule has 0 saturated heterocycles. The average molecular weight is 561 g/mol. The maximum atomic E-state index is 12.4. The maximum Gasteiger partial charge on any atom is 0.381 e. The summed E-state index contributed by atoms with van der Waals surface area (Å²) < 4.78 is 13.2. The predicted octanol–water partition coefficient (Wildman–Crippen LogP) is 2.99. The van der Waals surface area contributed by atoms with Gasteiger partial charge in [0.2, 0.25) is 5.77 Å². The molecule has 0 amide bonds. The van der Waals surface area contributed by atoms with E-state index >= 15 is 0 Å². The summed E-state index contributed by atoms with van der Waals surface area (Å²) in [6.07, 6.45) is 0. The van der Waals surface area contributed by atoms with Crippen molar-refractivity contribution in [2.24, 2.45) is 0 Å². The lowest BCUT2D eigenvalue weighted by Gasteiger charge is -2.02. The summed E-state index contributed by atoms with van der Waals surface area (Å²) in [5.74, 6) is 0.376. The highest BCUT2D eigenvalue weighted by atomic mass is 127. The van der Waals surface area contributed by atoms with E-state index in [1.165, 1.54) is 22.7 Å². The van der Waals surface area contributed by atoms with Gasteiger partial charge in [-0.2, -0.15) is 0 Å². The van der Waals surface area contributed by atoms with E-state index in [0.717, 1.165) is 16.9 Å². The Labute approximate surface area is 198 Å². The summed E-state index contributed by atoms with van der Waals surface area (Å²) >= 11 is 2.40. The summed E-state index contributed by atoms with van der Waals surface area (Å²) in [7, 11) is 0. The standard InChI is InChI=1S/C24H18IO4S2/c1-15-3-7-17(8-4-15)28-23(26)19-11-13-21(30-19)25-22-14-12-20(31-22)24(27)29-18-9-5-16(2)6-10-18/h3-14H,1-2H3/q+1. The number of halogens is 1. The van der Waals surface area contributed by atoms with E-state index in [0.29, 0.717) is 21.3 Å². The van der Waals surface area contributed by atoms with Crippen molar-refractivity contribution < 1.29 is 40.3 Å². The van der Waals surface area contributed by atoms with Crippen LogP contribution in [0.5, 0.6) is 11.5 Å². The molecule has 2 aromatic heterocycles. The first kappa shape index (κ1) is 21.7. The third kappa shape index (κ3) is 5.81. The predicted molar refractivity (Wildman–Crippen MR) is 118 cm³/mol. The zero-order valence-corrected chi connectivity index (χ0v) is 20.5. The van der Waals surface area contributed by atoms with Crippen LogP contribution in [0, 0.1) is 19.6 Å². The largest absolute Gasteiger partial charge is 0.422 e. The molecular formula is C24H18IO4S2+. The van der Waals surface area contributed by atoms with Crippen molar-refractivity contribution in [2.75, 3.05) is 0 Å². The Morgan fingerprint density at radius 3 is 1.39 bits per heavy atom. The molecule has 0 fully saturated rings. The molecule has 0 spiro atoms. The van der Waals surface area contributed by atoms with Gasteiger partial charge in [0.05, 0.1) is 0 Å². The summed E-state index contributed by atoms with van der Waals surface area (Å²) in [5.41, 5.74) is 2.22. The van der Waals surface area contributed by atoms with Gasteiger partial charge in [-0.15, -0.1) is 0 Å². The van der Waals surface area contributed by atoms with Crippen molar-refractivity contribution in [3.05, 3.63) is 99.4 Å².